The summed E-state index contributed by atoms with van der Waals surface area (Å²) in [5.41, 5.74) is 2.53. The van der Waals surface area contributed by atoms with Crippen molar-refractivity contribution in [3.8, 4) is 5.69 Å². The molecule has 1 atom stereocenters. The van der Waals surface area contributed by atoms with Gasteiger partial charge in [0.05, 0.1) is 25.1 Å². The van der Waals surface area contributed by atoms with Gasteiger partial charge in [0, 0.05) is 50.8 Å². The average molecular weight is 409 g/mol. The van der Waals surface area contributed by atoms with Crippen molar-refractivity contribution in [2.24, 2.45) is 0 Å². The van der Waals surface area contributed by atoms with Gasteiger partial charge in [0.25, 0.3) is 0 Å². The number of carbonyl (C=O) groups excluding carboxylic acids is 1. The van der Waals surface area contributed by atoms with Gasteiger partial charge in [-0.1, -0.05) is 6.07 Å². The summed E-state index contributed by atoms with van der Waals surface area (Å²) in [5, 5.41) is 4.34. The maximum Gasteiger partial charge on any atom is 0.244 e. The summed E-state index contributed by atoms with van der Waals surface area (Å²) in [6, 6.07) is 9.50. The fourth-order valence-corrected chi connectivity index (χ4v) is 3.62. The Kier molecular flexibility index (Phi) is 6.15. The van der Waals surface area contributed by atoms with Gasteiger partial charge in [-0.05, 0) is 35.9 Å². The molecule has 30 heavy (non-hydrogen) atoms. The highest BCUT2D eigenvalue weighted by molar-refractivity contribution is 5.83. The van der Waals surface area contributed by atoms with Crippen LogP contribution in [0.3, 0.4) is 0 Å². The highest BCUT2D eigenvalue weighted by Gasteiger charge is 2.31. The first-order chi connectivity index (χ1) is 14.6. The van der Waals surface area contributed by atoms with Crippen LogP contribution >= 0.6 is 0 Å². The molecule has 0 radical (unpaired) electrons. The first-order valence-electron chi connectivity index (χ1n) is 9.88. The molecule has 0 saturated carbocycles. The van der Waals surface area contributed by atoms with Crippen LogP contribution in [0.1, 0.15) is 17.2 Å². The first-order valence-corrected chi connectivity index (χ1v) is 9.88. The lowest BCUT2D eigenvalue weighted by molar-refractivity contribution is -0.138. The molecule has 3 aromatic rings. The van der Waals surface area contributed by atoms with Crippen LogP contribution in [0, 0.1) is 5.82 Å². The van der Waals surface area contributed by atoms with Crippen LogP contribution in [0.25, 0.3) is 5.69 Å². The molecule has 1 aliphatic rings. The number of halogens is 1. The summed E-state index contributed by atoms with van der Waals surface area (Å²) < 4.78 is 20.3. The third-order valence-electron chi connectivity index (χ3n) is 5.17. The average Bonchev–Trinajstić information content (AvgIpc) is 3.24. The molecule has 8 heteroatoms. The predicted octanol–water partition coefficient (Wildman–Crippen LogP) is 2.44. The SMILES string of the molecule is CN(Cc1cnn(-c2ccc(F)cc2)c1)C(=O)C(c1cccnc1)N1CCOCC1. The summed E-state index contributed by atoms with van der Waals surface area (Å²) in [4.78, 5) is 21.5. The number of morpholine rings is 1. The second-order valence-electron chi connectivity index (χ2n) is 7.30. The zero-order chi connectivity index (χ0) is 20.9. The number of carbonyl (C=O) groups is 1. The molecule has 0 aliphatic carbocycles. The van der Waals surface area contributed by atoms with E-state index in [0.717, 1.165) is 16.8 Å². The van der Waals surface area contributed by atoms with E-state index in [1.807, 2.05) is 18.3 Å². The van der Waals surface area contributed by atoms with Gasteiger partial charge in [-0.2, -0.15) is 5.10 Å². The lowest BCUT2D eigenvalue weighted by atomic mass is 10.1. The van der Waals surface area contributed by atoms with E-state index in [4.69, 9.17) is 4.74 Å². The molecular formula is C22H24FN5O2. The van der Waals surface area contributed by atoms with Gasteiger partial charge in [-0.3, -0.25) is 14.7 Å². The molecule has 1 amide bonds. The minimum absolute atomic E-state index is 0.000526. The molecule has 0 N–H and O–H groups in total. The molecule has 3 heterocycles. The van der Waals surface area contributed by atoms with Crippen LogP contribution in [0.15, 0.2) is 61.2 Å². The minimum Gasteiger partial charge on any atom is -0.379 e. The lowest BCUT2D eigenvalue weighted by Crippen LogP contribution is -2.46. The highest BCUT2D eigenvalue weighted by Crippen LogP contribution is 2.24. The van der Waals surface area contributed by atoms with Crippen molar-refractivity contribution in [1.29, 1.82) is 0 Å². The van der Waals surface area contributed by atoms with Gasteiger partial charge in [0.15, 0.2) is 0 Å². The summed E-state index contributed by atoms with van der Waals surface area (Å²) in [7, 11) is 1.79. The molecule has 156 valence electrons. The first kappa shape index (κ1) is 20.2. The number of benzene rings is 1. The number of hydrogen-bond acceptors (Lipinski definition) is 5. The Morgan fingerprint density at radius 2 is 1.97 bits per heavy atom. The van der Waals surface area contributed by atoms with Crippen molar-refractivity contribution in [2.45, 2.75) is 12.6 Å². The van der Waals surface area contributed by atoms with E-state index >= 15 is 0 Å². The normalized spacial score (nSPS) is 15.7. The number of likely N-dealkylation sites (N-methyl/N-ethyl adjacent to an activating group) is 1. The van der Waals surface area contributed by atoms with Gasteiger partial charge in [0.1, 0.15) is 11.9 Å². The van der Waals surface area contributed by atoms with Crippen molar-refractivity contribution >= 4 is 5.91 Å². The third-order valence-corrected chi connectivity index (χ3v) is 5.17. The van der Waals surface area contributed by atoms with Gasteiger partial charge >= 0.3 is 0 Å². The van der Waals surface area contributed by atoms with Gasteiger partial charge < -0.3 is 9.64 Å². The van der Waals surface area contributed by atoms with Gasteiger partial charge in [0.2, 0.25) is 5.91 Å². The van der Waals surface area contributed by atoms with E-state index in [1.165, 1.54) is 12.1 Å². The molecule has 1 aliphatic heterocycles. The summed E-state index contributed by atoms with van der Waals surface area (Å²) >= 11 is 0. The summed E-state index contributed by atoms with van der Waals surface area (Å²) in [6.45, 7) is 3.03. The molecule has 4 rings (SSSR count). The number of hydrogen-bond donors (Lipinski definition) is 0. The maximum atomic E-state index is 13.4. The van der Waals surface area contributed by atoms with E-state index in [-0.39, 0.29) is 11.7 Å². The van der Waals surface area contributed by atoms with E-state index in [1.54, 1.807) is 47.4 Å². The van der Waals surface area contributed by atoms with Crippen molar-refractivity contribution in [3.05, 3.63) is 78.1 Å². The van der Waals surface area contributed by atoms with Crippen molar-refractivity contribution in [2.75, 3.05) is 33.4 Å². The van der Waals surface area contributed by atoms with E-state index < -0.39 is 6.04 Å². The molecule has 7 nitrogen and oxygen atoms in total. The molecular weight excluding hydrogens is 385 g/mol. The minimum atomic E-state index is -0.403. The number of pyridine rings is 1. The molecule has 1 unspecified atom stereocenters. The quantitative estimate of drug-likeness (QED) is 0.626. The van der Waals surface area contributed by atoms with Crippen molar-refractivity contribution < 1.29 is 13.9 Å². The molecule has 0 bridgehead atoms. The molecule has 0 spiro atoms. The molecule has 1 saturated heterocycles. The Morgan fingerprint density at radius 3 is 2.67 bits per heavy atom. The second kappa shape index (κ2) is 9.15. The topological polar surface area (TPSA) is 63.5 Å². The molecule has 1 aromatic carbocycles. The fraction of sp³-hybridized carbons (Fsp3) is 0.318. The van der Waals surface area contributed by atoms with E-state index in [2.05, 4.69) is 15.0 Å². The highest BCUT2D eigenvalue weighted by atomic mass is 19.1. The number of nitrogens with zero attached hydrogens (tertiary/aromatic N) is 5. The Bertz CT molecular complexity index is 971. The Balaban J connectivity index is 1.50. The maximum absolute atomic E-state index is 13.4. The van der Waals surface area contributed by atoms with E-state index in [9.17, 15) is 9.18 Å². The van der Waals surface area contributed by atoms with Crippen LogP contribution in [-0.4, -0.2) is 63.8 Å². The Hall–Kier alpha value is -3.10. The zero-order valence-electron chi connectivity index (χ0n) is 16.8. The number of aromatic nitrogens is 3. The predicted molar refractivity (Wildman–Crippen MR) is 109 cm³/mol. The lowest BCUT2D eigenvalue weighted by Gasteiger charge is -2.35. The van der Waals surface area contributed by atoms with Crippen LogP contribution < -0.4 is 0 Å². The monoisotopic (exact) mass is 409 g/mol. The number of ether oxygens (including phenoxy) is 1. The van der Waals surface area contributed by atoms with Gasteiger partial charge in [-0.15, -0.1) is 0 Å². The Labute approximate surface area is 174 Å². The van der Waals surface area contributed by atoms with Crippen LogP contribution in [0.2, 0.25) is 0 Å². The van der Waals surface area contributed by atoms with Gasteiger partial charge in [-0.25, -0.2) is 9.07 Å². The number of amides is 1. The molecule has 2 aromatic heterocycles. The van der Waals surface area contributed by atoms with Crippen molar-refractivity contribution in [1.82, 2.24) is 24.6 Å². The van der Waals surface area contributed by atoms with Crippen LogP contribution in [0.5, 0.6) is 0 Å². The van der Waals surface area contributed by atoms with Crippen LogP contribution in [0.4, 0.5) is 4.39 Å². The second-order valence-corrected chi connectivity index (χ2v) is 7.30. The summed E-state index contributed by atoms with van der Waals surface area (Å²) in [6.07, 6.45) is 7.03. The van der Waals surface area contributed by atoms with Crippen LogP contribution in [-0.2, 0) is 16.1 Å². The van der Waals surface area contributed by atoms with E-state index in [0.29, 0.717) is 32.8 Å². The smallest absolute Gasteiger partial charge is 0.244 e. The number of rotatable bonds is 6. The zero-order valence-corrected chi connectivity index (χ0v) is 16.8. The standard InChI is InChI=1S/C22H24FN5O2/c1-26(15-17-13-25-28(16-17)20-6-4-19(23)5-7-20)22(29)21(18-3-2-8-24-14-18)27-9-11-30-12-10-27/h2-8,13-14,16,21H,9-12,15H2,1H3. The molecule has 1 fully saturated rings. The van der Waals surface area contributed by atoms with Crippen molar-refractivity contribution in [3.63, 3.8) is 0 Å². The Morgan fingerprint density at radius 1 is 1.20 bits per heavy atom. The summed E-state index contributed by atoms with van der Waals surface area (Å²) in [5.74, 6) is -0.291. The largest absolute Gasteiger partial charge is 0.379 e. The third kappa shape index (κ3) is 4.55. The fourth-order valence-electron chi connectivity index (χ4n) is 3.62.